The van der Waals surface area contributed by atoms with Gasteiger partial charge in [0.05, 0.1) is 6.10 Å². The van der Waals surface area contributed by atoms with Crippen molar-refractivity contribution in [2.45, 2.75) is 44.8 Å². The Kier molecular flexibility index (Phi) is 2.46. The molecule has 0 aromatic heterocycles. The Morgan fingerprint density at radius 3 is 2.89 bits per heavy atom. The summed E-state index contributed by atoms with van der Waals surface area (Å²) in [4.78, 5) is 11.6. The molecule has 3 heteroatoms. The van der Waals surface area contributed by atoms with Gasteiger partial charge in [-0.15, -0.1) is 0 Å². The van der Waals surface area contributed by atoms with Gasteiger partial charge < -0.3 is 9.84 Å². The average Bonchev–Trinajstić information content (AvgIpc) is 2.58. The van der Waals surface area contributed by atoms with E-state index >= 15 is 0 Å². The summed E-state index contributed by atoms with van der Waals surface area (Å²) in [6.07, 6.45) is 2.83. The van der Waals surface area contributed by atoms with Gasteiger partial charge in [0, 0.05) is 16.9 Å². The zero-order valence-electron chi connectivity index (χ0n) is 10.8. The zero-order valence-corrected chi connectivity index (χ0v) is 10.8. The molecule has 3 nitrogen and oxygen atoms in total. The van der Waals surface area contributed by atoms with Crippen molar-refractivity contribution in [1.29, 1.82) is 0 Å². The maximum Gasteiger partial charge on any atom is 0.334 e. The summed E-state index contributed by atoms with van der Waals surface area (Å²) in [5, 5.41) is 10.3. The van der Waals surface area contributed by atoms with Crippen molar-refractivity contribution >= 4 is 5.97 Å². The van der Waals surface area contributed by atoms with Crippen LogP contribution in [0.15, 0.2) is 24.3 Å². The number of esters is 1. The largest absolute Gasteiger partial charge is 0.458 e. The molecule has 5 atom stereocenters. The summed E-state index contributed by atoms with van der Waals surface area (Å²) in [6, 6.07) is 0. The van der Waals surface area contributed by atoms with Gasteiger partial charge in [-0.05, 0) is 31.6 Å². The minimum Gasteiger partial charge on any atom is -0.458 e. The van der Waals surface area contributed by atoms with E-state index in [2.05, 4.69) is 20.1 Å². The highest BCUT2D eigenvalue weighted by molar-refractivity contribution is 5.90. The third-order valence-corrected chi connectivity index (χ3v) is 5.34. The molecule has 0 spiro atoms. The molecule has 18 heavy (non-hydrogen) atoms. The third kappa shape index (κ3) is 1.43. The standard InChI is InChI=1S/C15H20O3/c1-8-4-5-13(16)15(3)7-12-10(6-11(8)15)9(2)14(17)18-12/h10-13,16H,1-2,4-7H2,3H3/t10-,11+,12-,13-,15-/m1/s1. The SMILES string of the molecule is C=C1C(=O)O[C@@H]2C[C@@]3(C)[C@H](O)CCC(=C)[C@@H]3C[C@H]12. The summed E-state index contributed by atoms with van der Waals surface area (Å²) in [6.45, 7) is 10.1. The van der Waals surface area contributed by atoms with Crippen LogP contribution in [0.2, 0.25) is 0 Å². The van der Waals surface area contributed by atoms with Crippen molar-refractivity contribution in [2.24, 2.45) is 17.3 Å². The van der Waals surface area contributed by atoms with E-state index in [9.17, 15) is 9.90 Å². The summed E-state index contributed by atoms with van der Waals surface area (Å²) < 4.78 is 5.40. The fourth-order valence-electron chi connectivity index (χ4n) is 4.08. The zero-order chi connectivity index (χ0) is 13.1. The van der Waals surface area contributed by atoms with Crippen LogP contribution in [0.1, 0.15) is 32.6 Å². The van der Waals surface area contributed by atoms with Crippen LogP contribution in [0, 0.1) is 17.3 Å². The maximum atomic E-state index is 11.6. The number of carbonyl (C=O) groups excluding carboxylic acids is 1. The number of fused-ring (bicyclic) bond motifs is 2. The Balaban J connectivity index is 1.94. The second-order valence-corrected chi connectivity index (χ2v) is 6.29. The van der Waals surface area contributed by atoms with Gasteiger partial charge in [-0.2, -0.15) is 0 Å². The van der Waals surface area contributed by atoms with Crippen molar-refractivity contribution < 1.29 is 14.6 Å². The number of allylic oxidation sites excluding steroid dienone is 1. The molecule has 1 aliphatic heterocycles. The van der Waals surface area contributed by atoms with Crippen molar-refractivity contribution in [1.82, 2.24) is 0 Å². The molecular weight excluding hydrogens is 228 g/mol. The number of rotatable bonds is 0. The minimum atomic E-state index is -0.318. The van der Waals surface area contributed by atoms with E-state index in [0.717, 1.165) is 25.7 Å². The van der Waals surface area contributed by atoms with Gasteiger partial charge in [0.25, 0.3) is 0 Å². The normalized spacial score (nSPS) is 47.6. The first-order valence-corrected chi connectivity index (χ1v) is 6.69. The monoisotopic (exact) mass is 248 g/mol. The highest BCUT2D eigenvalue weighted by Crippen LogP contribution is 2.56. The van der Waals surface area contributed by atoms with E-state index in [1.165, 1.54) is 5.57 Å². The molecule has 0 bridgehead atoms. The van der Waals surface area contributed by atoms with Gasteiger partial charge in [-0.25, -0.2) is 4.79 Å². The van der Waals surface area contributed by atoms with Crippen molar-refractivity contribution in [3.05, 3.63) is 24.3 Å². The predicted octanol–water partition coefficient (Wildman–Crippen LogP) is 2.21. The van der Waals surface area contributed by atoms with Crippen LogP contribution in [-0.2, 0) is 9.53 Å². The summed E-state index contributed by atoms with van der Waals surface area (Å²) >= 11 is 0. The Hall–Kier alpha value is -1.09. The molecule has 2 saturated carbocycles. The van der Waals surface area contributed by atoms with Crippen LogP contribution in [0.3, 0.4) is 0 Å². The lowest BCUT2D eigenvalue weighted by atomic mass is 9.54. The Morgan fingerprint density at radius 1 is 1.44 bits per heavy atom. The molecule has 3 aliphatic rings. The van der Waals surface area contributed by atoms with Crippen LogP contribution in [0.5, 0.6) is 0 Å². The topological polar surface area (TPSA) is 46.5 Å². The molecule has 1 N–H and O–H groups in total. The predicted molar refractivity (Wildman–Crippen MR) is 67.7 cm³/mol. The molecule has 2 aliphatic carbocycles. The second kappa shape index (κ2) is 3.70. The van der Waals surface area contributed by atoms with Crippen LogP contribution in [0.25, 0.3) is 0 Å². The Morgan fingerprint density at radius 2 is 2.17 bits per heavy atom. The van der Waals surface area contributed by atoms with Gasteiger partial charge in [0.1, 0.15) is 6.10 Å². The van der Waals surface area contributed by atoms with Gasteiger partial charge in [-0.3, -0.25) is 0 Å². The fourth-order valence-corrected chi connectivity index (χ4v) is 4.08. The van der Waals surface area contributed by atoms with Crippen LogP contribution >= 0.6 is 0 Å². The number of hydrogen-bond acceptors (Lipinski definition) is 3. The number of carbonyl (C=O) groups is 1. The van der Waals surface area contributed by atoms with Gasteiger partial charge in [-0.1, -0.05) is 25.7 Å². The maximum absolute atomic E-state index is 11.6. The quantitative estimate of drug-likeness (QED) is 0.406. The number of ether oxygens (including phenoxy) is 1. The molecular formula is C15H20O3. The molecule has 0 unspecified atom stereocenters. The molecule has 3 rings (SSSR count). The van der Waals surface area contributed by atoms with Crippen LogP contribution < -0.4 is 0 Å². The highest BCUT2D eigenvalue weighted by Gasteiger charge is 2.55. The Bertz CT molecular complexity index is 439. The number of hydrogen-bond donors (Lipinski definition) is 1. The van der Waals surface area contributed by atoms with Gasteiger partial charge >= 0.3 is 5.97 Å². The molecule has 0 aromatic rings. The van der Waals surface area contributed by atoms with Crippen molar-refractivity contribution in [3.8, 4) is 0 Å². The lowest BCUT2D eigenvalue weighted by Gasteiger charge is -2.51. The van der Waals surface area contributed by atoms with Crippen molar-refractivity contribution in [3.63, 3.8) is 0 Å². The van der Waals surface area contributed by atoms with E-state index in [1.54, 1.807) is 0 Å². The van der Waals surface area contributed by atoms with Gasteiger partial charge in [0.15, 0.2) is 0 Å². The first kappa shape index (κ1) is 12.0. The lowest BCUT2D eigenvalue weighted by molar-refractivity contribution is -0.145. The minimum absolute atomic E-state index is 0.0909. The first-order chi connectivity index (χ1) is 8.43. The van der Waals surface area contributed by atoms with E-state index in [1.807, 2.05) is 0 Å². The van der Waals surface area contributed by atoms with E-state index in [0.29, 0.717) is 5.57 Å². The average molecular weight is 248 g/mol. The Labute approximate surface area is 108 Å². The molecule has 98 valence electrons. The van der Waals surface area contributed by atoms with Gasteiger partial charge in [0.2, 0.25) is 0 Å². The molecule has 3 fully saturated rings. The second-order valence-electron chi connectivity index (χ2n) is 6.29. The van der Waals surface area contributed by atoms with Crippen molar-refractivity contribution in [2.75, 3.05) is 0 Å². The fraction of sp³-hybridized carbons (Fsp3) is 0.667. The van der Waals surface area contributed by atoms with E-state index < -0.39 is 0 Å². The first-order valence-electron chi connectivity index (χ1n) is 6.69. The summed E-state index contributed by atoms with van der Waals surface area (Å²) in [7, 11) is 0. The molecule has 0 radical (unpaired) electrons. The van der Waals surface area contributed by atoms with Crippen LogP contribution in [0.4, 0.5) is 0 Å². The summed E-state index contributed by atoms with van der Waals surface area (Å²) in [5.41, 5.74) is 1.63. The molecule has 0 amide bonds. The summed E-state index contributed by atoms with van der Waals surface area (Å²) in [5.74, 6) is 0.152. The molecule has 1 saturated heterocycles. The molecule has 1 heterocycles. The van der Waals surface area contributed by atoms with E-state index in [-0.39, 0.29) is 35.4 Å². The highest BCUT2D eigenvalue weighted by atomic mass is 16.6. The van der Waals surface area contributed by atoms with Crippen LogP contribution in [-0.4, -0.2) is 23.3 Å². The number of aliphatic hydroxyl groups excluding tert-OH is 1. The van der Waals surface area contributed by atoms with E-state index in [4.69, 9.17) is 4.74 Å². The molecule has 0 aromatic carbocycles. The lowest BCUT2D eigenvalue weighted by Crippen LogP contribution is -2.50. The number of aliphatic hydroxyl groups is 1. The third-order valence-electron chi connectivity index (χ3n) is 5.34. The smallest absolute Gasteiger partial charge is 0.334 e.